The maximum absolute atomic E-state index is 14.5. The Morgan fingerprint density at radius 1 is 1.17 bits per heavy atom. The van der Waals surface area contributed by atoms with E-state index in [1.54, 1.807) is 24.3 Å². The SMILES string of the molecule is N#Cc1ccnc(N2C(=O)CC[C@H]2C(=O)N(c2cccc(F)c2)[C@H](C(=O)CCC2CC(F)(F)C2)c2ccccc2Cl)n1. The molecule has 1 aliphatic heterocycles. The van der Waals surface area contributed by atoms with Crippen LogP contribution in [-0.2, 0) is 14.4 Å². The average Bonchev–Trinajstić information content (AvgIpc) is 3.35. The van der Waals surface area contributed by atoms with Gasteiger partial charge in [-0.05, 0) is 49.1 Å². The maximum Gasteiger partial charge on any atom is 0.251 e. The molecule has 0 spiro atoms. The number of ketones is 1. The quantitative estimate of drug-likeness (QED) is 0.309. The van der Waals surface area contributed by atoms with Crippen LogP contribution in [0.1, 0.15) is 55.8 Å². The fraction of sp³-hybridized carbons (Fsp3) is 0.333. The number of amides is 2. The first kappa shape index (κ1) is 29.2. The van der Waals surface area contributed by atoms with Gasteiger partial charge >= 0.3 is 0 Å². The molecule has 1 saturated heterocycles. The zero-order valence-electron chi connectivity index (χ0n) is 22.2. The molecule has 5 rings (SSSR count). The van der Waals surface area contributed by atoms with Crippen molar-refractivity contribution < 1.29 is 27.6 Å². The van der Waals surface area contributed by atoms with E-state index in [9.17, 15) is 32.8 Å². The summed E-state index contributed by atoms with van der Waals surface area (Å²) in [5.41, 5.74) is 0.289. The van der Waals surface area contributed by atoms with Gasteiger partial charge in [-0.3, -0.25) is 24.2 Å². The summed E-state index contributed by atoms with van der Waals surface area (Å²) >= 11 is 6.53. The largest absolute Gasteiger partial charge is 0.297 e. The number of rotatable bonds is 9. The highest BCUT2D eigenvalue weighted by atomic mass is 35.5. The molecule has 2 atom stereocenters. The third-order valence-electron chi connectivity index (χ3n) is 7.53. The van der Waals surface area contributed by atoms with Gasteiger partial charge in [-0.1, -0.05) is 35.9 Å². The Bertz CT molecular complexity index is 1570. The average molecular weight is 596 g/mol. The summed E-state index contributed by atoms with van der Waals surface area (Å²) in [6.45, 7) is 0. The third-order valence-corrected chi connectivity index (χ3v) is 7.87. The number of anilines is 2. The molecule has 1 aliphatic carbocycles. The highest BCUT2D eigenvalue weighted by Crippen LogP contribution is 2.45. The van der Waals surface area contributed by atoms with E-state index in [1.165, 1.54) is 30.5 Å². The molecular formula is C30H25ClF3N5O3. The summed E-state index contributed by atoms with van der Waals surface area (Å²) in [6, 6.07) is 12.2. The zero-order chi connectivity index (χ0) is 30.0. The van der Waals surface area contributed by atoms with Gasteiger partial charge in [0.25, 0.3) is 5.91 Å². The number of hydrogen-bond acceptors (Lipinski definition) is 6. The Hall–Kier alpha value is -4.30. The molecule has 1 saturated carbocycles. The summed E-state index contributed by atoms with van der Waals surface area (Å²) in [4.78, 5) is 51.8. The van der Waals surface area contributed by atoms with Crippen LogP contribution < -0.4 is 9.80 Å². The number of carbonyl (C=O) groups excluding carboxylic acids is 3. The molecule has 42 heavy (non-hydrogen) atoms. The van der Waals surface area contributed by atoms with E-state index in [1.807, 2.05) is 6.07 Å². The molecule has 0 N–H and O–H groups in total. The predicted octanol–water partition coefficient (Wildman–Crippen LogP) is 5.81. The Morgan fingerprint density at radius 2 is 1.93 bits per heavy atom. The van der Waals surface area contributed by atoms with Crippen LogP contribution in [0.3, 0.4) is 0 Å². The molecule has 216 valence electrons. The topological polar surface area (TPSA) is 107 Å². The van der Waals surface area contributed by atoms with Crippen LogP contribution in [0.4, 0.5) is 24.8 Å². The number of nitrogens with zero attached hydrogens (tertiary/aromatic N) is 5. The minimum atomic E-state index is -2.75. The smallest absolute Gasteiger partial charge is 0.251 e. The minimum absolute atomic E-state index is 0.0152. The molecule has 2 amide bonds. The summed E-state index contributed by atoms with van der Waals surface area (Å²) in [6.07, 6.45) is 0.728. The van der Waals surface area contributed by atoms with E-state index < -0.39 is 41.4 Å². The van der Waals surface area contributed by atoms with Crippen LogP contribution in [-0.4, -0.2) is 39.5 Å². The van der Waals surface area contributed by atoms with E-state index in [4.69, 9.17) is 11.6 Å². The van der Waals surface area contributed by atoms with Crippen molar-refractivity contribution in [3.63, 3.8) is 0 Å². The van der Waals surface area contributed by atoms with Crippen molar-refractivity contribution in [2.45, 2.75) is 56.5 Å². The number of nitriles is 1. The van der Waals surface area contributed by atoms with Crippen molar-refractivity contribution in [3.8, 4) is 6.07 Å². The molecule has 2 aromatic carbocycles. The number of alkyl halides is 2. The lowest BCUT2D eigenvalue weighted by atomic mass is 9.77. The Balaban J connectivity index is 1.57. The molecule has 2 aliphatic rings. The summed E-state index contributed by atoms with van der Waals surface area (Å²) < 4.78 is 41.5. The van der Waals surface area contributed by atoms with Gasteiger partial charge in [0.15, 0.2) is 5.78 Å². The van der Waals surface area contributed by atoms with E-state index in [0.29, 0.717) is 0 Å². The Kier molecular flexibility index (Phi) is 8.27. The first-order chi connectivity index (χ1) is 20.1. The second-order valence-electron chi connectivity index (χ2n) is 10.4. The maximum atomic E-state index is 14.5. The number of Topliss-reactive ketones (excluding diaryl/α,β-unsaturated/α-hetero) is 1. The summed E-state index contributed by atoms with van der Waals surface area (Å²) in [5, 5.41) is 9.46. The number of carbonyl (C=O) groups is 3. The van der Waals surface area contributed by atoms with Gasteiger partial charge in [-0.15, -0.1) is 0 Å². The van der Waals surface area contributed by atoms with Crippen molar-refractivity contribution >= 4 is 40.8 Å². The zero-order valence-corrected chi connectivity index (χ0v) is 23.0. The van der Waals surface area contributed by atoms with Crippen molar-refractivity contribution in [2.75, 3.05) is 9.80 Å². The summed E-state index contributed by atoms with van der Waals surface area (Å²) in [7, 11) is 0. The second kappa shape index (κ2) is 11.9. The minimum Gasteiger partial charge on any atom is -0.297 e. The molecule has 12 heteroatoms. The number of hydrogen-bond donors (Lipinski definition) is 0. The van der Waals surface area contributed by atoms with Crippen molar-refractivity contribution in [2.24, 2.45) is 5.92 Å². The lowest BCUT2D eigenvalue weighted by Crippen LogP contribution is -2.50. The highest BCUT2D eigenvalue weighted by molar-refractivity contribution is 6.31. The Morgan fingerprint density at radius 3 is 2.62 bits per heavy atom. The van der Waals surface area contributed by atoms with Gasteiger partial charge in [0.1, 0.15) is 29.7 Å². The summed E-state index contributed by atoms with van der Waals surface area (Å²) in [5.74, 6) is -5.57. The van der Waals surface area contributed by atoms with E-state index >= 15 is 0 Å². The van der Waals surface area contributed by atoms with Gasteiger partial charge in [0.2, 0.25) is 17.8 Å². The first-order valence-electron chi connectivity index (χ1n) is 13.4. The fourth-order valence-corrected chi connectivity index (χ4v) is 5.75. The first-order valence-corrected chi connectivity index (χ1v) is 13.7. The van der Waals surface area contributed by atoms with Gasteiger partial charge in [-0.25, -0.2) is 23.1 Å². The third kappa shape index (κ3) is 5.99. The van der Waals surface area contributed by atoms with E-state index in [0.717, 1.165) is 15.9 Å². The van der Waals surface area contributed by atoms with Crippen LogP contribution >= 0.6 is 11.6 Å². The van der Waals surface area contributed by atoms with E-state index in [2.05, 4.69) is 9.97 Å². The van der Waals surface area contributed by atoms with Crippen LogP contribution in [0, 0.1) is 23.1 Å². The van der Waals surface area contributed by atoms with Crippen molar-refractivity contribution in [3.05, 3.63) is 82.9 Å². The fourth-order valence-electron chi connectivity index (χ4n) is 5.51. The second-order valence-corrected chi connectivity index (χ2v) is 10.8. The monoisotopic (exact) mass is 595 g/mol. The highest BCUT2D eigenvalue weighted by Gasteiger charge is 2.47. The van der Waals surface area contributed by atoms with Gasteiger partial charge in [0.05, 0.1) is 0 Å². The van der Waals surface area contributed by atoms with Gasteiger partial charge in [-0.2, -0.15) is 5.26 Å². The van der Waals surface area contributed by atoms with Gasteiger partial charge in [0, 0.05) is 48.2 Å². The molecule has 3 aromatic rings. The lowest BCUT2D eigenvalue weighted by molar-refractivity contribution is -0.129. The molecule has 0 bridgehead atoms. The normalized spacial score (nSPS) is 18.7. The standard InChI is InChI=1S/C30H25ClF3N5O3/c31-23-7-2-1-6-22(23)27(25(40)10-8-18-15-30(33,34)16-18)38(21-5-3-4-19(32)14-21)28(42)24-9-11-26(41)39(24)29-36-13-12-20(17-35)37-29/h1-7,12-14,18,24,27H,8-11,15-16H2/t24-,27-/m0/s1. The molecule has 2 fully saturated rings. The van der Waals surface area contributed by atoms with E-state index in [-0.39, 0.29) is 72.4 Å². The van der Waals surface area contributed by atoms with Gasteiger partial charge < -0.3 is 0 Å². The molecule has 2 heterocycles. The van der Waals surface area contributed by atoms with Crippen LogP contribution in [0.25, 0.3) is 0 Å². The Labute approximate surface area is 244 Å². The van der Waals surface area contributed by atoms with Crippen LogP contribution in [0.15, 0.2) is 60.8 Å². The van der Waals surface area contributed by atoms with Crippen molar-refractivity contribution in [1.29, 1.82) is 5.26 Å². The lowest BCUT2D eigenvalue weighted by Gasteiger charge is -2.37. The number of aromatic nitrogens is 2. The predicted molar refractivity (Wildman–Crippen MR) is 147 cm³/mol. The van der Waals surface area contributed by atoms with Crippen LogP contribution in [0.2, 0.25) is 5.02 Å². The molecule has 0 radical (unpaired) electrons. The molecule has 8 nitrogen and oxygen atoms in total. The number of benzene rings is 2. The van der Waals surface area contributed by atoms with Crippen LogP contribution in [0.5, 0.6) is 0 Å². The number of halogens is 4. The van der Waals surface area contributed by atoms with Crippen molar-refractivity contribution in [1.82, 2.24) is 9.97 Å². The molecular weight excluding hydrogens is 571 g/mol. The molecule has 1 aromatic heterocycles. The molecule has 0 unspecified atom stereocenters.